The summed E-state index contributed by atoms with van der Waals surface area (Å²) in [5, 5.41) is 6.55. The Hall–Kier alpha value is -3.01. The van der Waals surface area contributed by atoms with Gasteiger partial charge >= 0.3 is 5.91 Å². The van der Waals surface area contributed by atoms with E-state index in [0.717, 1.165) is 16.7 Å². The van der Waals surface area contributed by atoms with Crippen LogP contribution in [0.2, 0.25) is 0 Å². The van der Waals surface area contributed by atoms with Crippen molar-refractivity contribution in [3.05, 3.63) is 78.6 Å². The first-order chi connectivity index (χ1) is 11.2. The van der Waals surface area contributed by atoms with Crippen molar-refractivity contribution in [1.29, 1.82) is 0 Å². The summed E-state index contributed by atoms with van der Waals surface area (Å²) in [6.07, 6.45) is 3.69. The zero-order chi connectivity index (χ0) is 16.1. The number of hydrazone groups is 1. The summed E-state index contributed by atoms with van der Waals surface area (Å²) in [4.78, 5) is 11.9. The normalized spacial score (nSPS) is 11.4. The Kier molecular flexibility index (Phi) is 4.43. The standard InChI is InChI=1S/C19H17N3O/c1-15(17-10-9-16-7-3-4-8-18(16)13-17)20-21-19(23)14-22-11-5-2-6-12-22/h2-13H,14H2,1H3/p+1/b20-15+. The Morgan fingerprint density at radius 2 is 1.74 bits per heavy atom. The average Bonchev–Trinajstić information content (AvgIpc) is 2.60. The minimum absolute atomic E-state index is 0.152. The molecule has 1 aromatic heterocycles. The molecule has 0 unspecified atom stereocenters. The van der Waals surface area contributed by atoms with E-state index in [1.165, 1.54) is 5.39 Å². The molecule has 1 heterocycles. The van der Waals surface area contributed by atoms with Gasteiger partial charge in [0.2, 0.25) is 6.54 Å². The van der Waals surface area contributed by atoms with Crippen LogP contribution >= 0.6 is 0 Å². The predicted molar refractivity (Wildman–Crippen MR) is 90.9 cm³/mol. The van der Waals surface area contributed by atoms with E-state index in [9.17, 15) is 4.79 Å². The van der Waals surface area contributed by atoms with Crippen LogP contribution in [0.3, 0.4) is 0 Å². The number of hydrogen-bond donors (Lipinski definition) is 1. The maximum Gasteiger partial charge on any atom is 0.305 e. The van der Waals surface area contributed by atoms with Crippen molar-refractivity contribution in [3.8, 4) is 0 Å². The molecule has 0 fully saturated rings. The summed E-state index contributed by atoms with van der Waals surface area (Å²) in [6.45, 7) is 2.13. The van der Waals surface area contributed by atoms with E-state index < -0.39 is 0 Å². The molecular weight excluding hydrogens is 286 g/mol. The third kappa shape index (κ3) is 3.80. The number of rotatable bonds is 4. The van der Waals surface area contributed by atoms with Gasteiger partial charge in [-0.25, -0.2) is 5.43 Å². The van der Waals surface area contributed by atoms with E-state index in [0.29, 0.717) is 0 Å². The molecule has 4 heteroatoms. The summed E-state index contributed by atoms with van der Waals surface area (Å²) in [5.41, 5.74) is 4.38. The first-order valence-electron chi connectivity index (χ1n) is 7.49. The van der Waals surface area contributed by atoms with Crippen LogP contribution in [0, 0.1) is 0 Å². The van der Waals surface area contributed by atoms with Gasteiger partial charge in [0, 0.05) is 12.1 Å². The van der Waals surface area contributed by atoms with Gasteiger partial charge < -0.3 is 0 Å². The van der Waals surface area contributed by atoms with Crippen LogP contribution in [0.15, 0.2) is 78.2 Å². The van der Waals surface area contributed by atoms with E-state index >= 15 is 0 Å². The molecule has 0 atom stereocenters. The number of hydrogen-bond acceptors (Lipinski definition) is 2. The van der Waals surface area contributed by atoms with E-state index in [1.807, 2.05) is 55.7 Å². The van der Waals surface area contributed by atoms with Gasteiger partial charge in [-0.3, -0.25) is 4.79 Å². The topological polar surface area (TPSA) is 45.3 Å². The van der Waals surface area contributed by atoms with Crippen LogP contribution in [0.25, 0.3) is 10.8 Å². The lowest BCUT2D eigenvalue weighted by Crippen LogP contribution is -2.41. The molecule has 0 aliphatic carbocycles. The molecule has 0 spiro atoms. The lowest BCUT2D eigenvalue weighted by atomic mass is 10.0. The van der Waals surface area contributed by atoms with Crippen LogP contribution < -0.4 is 9.99 Å². The second kappa shape index (κ2) is 6.83. The molecule has 1 amide bonds. The van der Waals surface area contributed by atoms with E-state index in [-0.39, 0.29) is 12.5 Å². The van der Waals surface area contributed by atoms with Gasteiger partial charge in [0.05, 0.1) is 5.71 Å². The molecule has 0 aliphatic rings. The SMILES string of the molecule is C/C(=N\NC(=O)C[n+]1ccccc1)c1ccc2ccccc2c1. The number of carbonyl (C=O) groups excluding carboxylic acids is 1. The number of fused-ring (bicyclic) bond motifs is 1. The Balaban J connectivity index is 1.69. The molecule has 4 nitrogen and oxygen atoms in total. The number of carbonyl (C=O) groups is 1. The highest BCUT2D eigenvalue weighted by Gasteiger charge is 2.07. The third-order valence-corrected chi connectivity index (χ3v) is 3.62. The molecule has 3 aromatic rings. The lowest BCUT2D eigenvalue weighted by molar-refractivity contribution is -0.684. The first-order valence-corrected chi connectivity index (χ1v) is 7.49. The maximum atomic E-state index is 11.9. The molecule has 0 bridgehead atoms. The molecular formula is C19H18N3O+. The molecule has 1 N–H and O–H groups in total. The van der Waals surface area contributed by atoms with Crippen LogP contribution in [-0.4, -0.2) is 11.6 Å². The largest absolute Gasteiger partial charge is 0.305 e. The van der Waals surface area contributed by atoms with Crippen LogP contribution in [0.4, 0.5) is 0 Å². The highest BCUT2D eigenvalue weighted by atomic mass is 16.2. The number of aromatic nitrogens is 1. The van der Waals surface area contributed by atoms with Crippen molar-refractivity contribution in [3.63, 3.8) is 0 Å². The van der Waals surface area contributed by atoms with Gasteiger partial charge in [0.15, 0.2) is 12.4 Å². The maximum absolute atomic E-state index is 11.9. The van der Waals surface area contributed by atoms with Crippen molar-refractivity contribution < 1.29 is 9.36 Å². The van der Waals surface area contributed by atoms with E-state index in [2.05, 4.69) is 34.8 Å². The van der Waals surface area contributed by atoms with Gasteiger partial charge in [-0.1, -0.05) is 42.5 Å². The molecule has 3 rings (SSSR count). The van der Waals surface area contributed by atoms with Crippen molar-refractivity contribution in [2.45, 2.75) is 13.5 Å². The first kappa shape index (κ1) is 14.9. The zero-order valence-corrected chi connectivity index (χ0v) is 12.9. The van der Waals surface area contributed by atoms with Crippen LogP contribution in [0.5, 0.6) is 0 Å². The monoisotopic (exact) mass is 304 g/mol. The smallest absolute Gasteiger partial charge is 0.266 e. The molecule has 2 aromatic carbocycles. The molecule has 114 valence electrons. The molecule has 0 saturated heterocycles. The van der Waals surface area contributed by atoms with Gasteiger partial charge in [-0.2, -0.15) is 9.67 Å². The summed E-state index contributed by atoms with van der Waals surface area (Å²) >= 11 is 0. The fourth-order valence-corrected chi connectivity index (χ4v) is 2.37. The second-order valence-corrected chi connectivity index (χ2v) is 5.34. The number of nitrogens with zero attached hydrogens (tertiary/aromatic N) is 2. The number of pyridine rings is 1. The summed E-state index contributed by atoms with van der Waals surface area (Å²) in [6, 6.07) is 20.0. The van der Waals surface area contributed by atoms with Gasteiger partial charge in [-0.15, -0.1) is 0 Å². The van der Waals surface area contributed by atoms with Crippen molar-refractivity contribution >= 4 is 22.4 Å². The summed E-state index contributed by atoms with van der Waals surface area (Å²) in [5.74, 6) is -0.152. The highest BCUT2D eigenvalue weighted by Crippen LogP contribution is 2.16. The fraction of sp³-hybridized carbons (Fsp3) is 0.105. The van der Waals surface area contributed by atoms with Gasteiger partial charge in [0.25, 0.3) is 0 Å². The van der Waals surface area contributed by atoms with Gasteiger partial charge in [0.1, 0.15) is 0 Å². The van der Waals surface area contributed by atoms with E-state index in [1.54, 1.807) is 4.57 Å². The Morgan fingerprint density at radius 1 is 1.00 bits per heavy atom. The van der Waals surface area contributed by atoms with Crippen LogP contribution in [0.1, 0.15) is 12.5 Å². The minimum atomic E-state index is -0.152. The molecule has 0 saturated carbocycles. The summed E-state index contributed by atoms with van der Waals surface area (Å²) < 4.78 is 1.80. The second-order valence-electron chi connectivity index (χ2n) is 5.34. The Bertz CT molecular complexity index is 857. The average molecular weight is 304 g/mol. The lowest BCUT2D eigenvalue weighted by Gasteiger charge is -2.04. The minimum Gasteiger partial charge on any atom is -0.266 e. The number of amides is 1. The Morgan fingerprint density at radius 3 is 2.52 bits per heavy atom. The van der Waals surface area contributed by atoms with Gasteiger partial charge in [-0.05, 0) is 29.3 Å². The number of nitrogens with one attached hydrogen (secondary N) is 1. The molecule has 0 radical (unpaired) electrons. The Labute approximate surface area is 135 Å². The third-order valence-electron chi connectivity index (χ3n) is 3.62. The zero-order valence-electron chi connectivity index (χ0n) is 12.9. The van der Waals surface area contributed by atoms with Crippen molar-refractivity contribution in [1.82, 2.24) is 5.43 Å². The van der Waals surface area contributed by atoms with Crippen molar-refractivity contribution in [2.75, 3.05) is 0 Å². The van der Waals surface area contributed by atoms with Crippen LogP contribution in [-0.2, 0) is 11.3 Å². The predicted octanol–water partition coefficient (Wildman–Crippen LogP) is 2.67. The highest BCUT2D eigenvalue weighted by molar-refractivity contribution is 6.02. The number of benzene rings is 2. The summed E-state index contributed by atoms with van der Waals surface area (Å²) in [7, 11) is 0. The fourth-order valence-electron chi connectivity index (χ4n) is 2.37. The van der Waals surface area contributed by atoms with E-state index in [4.69, 9.17) is 0 Å². The quantitative estimate of drug-likeness (QED) is 0.449. The molecule has 23 heavy (non-hydrogen) atoms. The van der Waals surface area contributed by atoms with Crippen molar-refractivity contribution in [2.24, 2.45) is 5.10 Å². The molecule has 0 aliphatic heterocycles.